The highest BCUT2D eigenvalue weighted by Crippen LogP contribution is 2.45. The Hall–Kier alpha value is -4.57. The molecule has 0 saturated carbocycles. The molecule has 0 fully saturated rings. The van der Waals surface area contributed by atoms with E-state index in [9.17, 15) is 43.5 Å². The number of hydrogen-bond acceptors (Lipinski definition) is 14. The van der Waals surface area contributed by atoms with E-state index >= 15 is 0 Å². The van der Waals surface area contributed by atoms with Crippen molar-refractivity contribution in [3.8, 4) is 0 Å². The van der Waals surface area contributed by atoms with E-state index in [-0.39, 0.29) is 19.3 Å². The maximum absolute atomic E-state index is 13.0. The average molecular weight is 1510 g/mol. The van der Waals surface area contributed by atoms with E-state index in [2.05, 4.69) is 167 Å². The first-order valence-corrected chi connectivity index (χ1v) is 44.1. The first-order chi connectivity index (χ1) is 51.2. The Balaban J connectivity index is 4.54. The Morgan fingerprint density at radius 2 is 0.505 bits per heavy atom. The van der Waals surface area contributed by atoms with Gasteiger partial charge < -0.3 is 34.2 Å². The Bertz CT molecular complexity index is 2490. The Morgan fingerprint density at radius 3 is 0.800 bits per heavy atom. The molecule has 0 saturated heterocycles. The molecule has 0 heterocycles. The van der Waals surface area contributed by atoms with Crippen molar-refractivity contribution >= 4 is 33.6 Å². The zero-order valence-electron chi connectivity index (χ0n) is 65.9. The monoisotopic (exact) mass is 1510 g/mol. The van der Waals surface area contributed by atoms with Crippen LogP contribution in [-0.2, 0) is 55.8 Å². The van der Waals surface area contributed by atoms with Crippen LogP contribution in [0.3, 0.4) is 0 Å². The minimum atomic E-state index is -4.94. The van der Waals surface area contributed by atoms with Gasteiger partial charge in [-0.2, -0.15) is 0 Å². The summed E-state index contributed by atoms with van der Waals surface area (Å²) in [6, 6.07) is 0. The molecule has 0 bridgehead atoms. The van der Waals surface area contributed by atoms with Crippen molar-refractivity contribution in [1.82, 2.24) is 0 Å². The van der Waals surface area contributed by atoms with Crippen LogP contribution < -0.4 is 0 Å². The Labute approximate surface area is 638 Å². The van der Waals surface area contributed by atoms with Gasteiger partial charge in [-0.1, -0.05) is 314 Å². The van der Waals surface area contributed by atoms with Gasteiger partial charge in [-0.3, -0.25) is 32.5 Å². The van der Waals surface area contributed by atoms with E-state index in [1.54, 1.807) is 0 Å². The van der Waals surface area contributed by atoms with Crippen LogP contribution in [0.2, 0.25) is 0 Å². The summed E-state index contributed by atoms with van der Waals surface area (Å²) in [5, 5.41) is 20.7. The zero-order valence-corrected chi connectivity index (χ0v) is 67.6. The highest BCUT2D eigenvalue weighted by Gasteiger charge is 2.29. The molecule has 4 N–H and O–H groups in total. The lowest BCUT2D eigenvalue weighted by atomic mass is 10.0. The van der Waals surface area contributed by atoms with Crippen molar-refractivity contribution in [2.24, 2.45) is 0 Å². The summed E-state index contributed by atoms with van der Waals surface area (Å²) >= 11 is 0. The van der Waals surface area contributed by atoms with Crippen molar-refractivity contribution < 1.29 is 75.8 Å². The van der Waals surface area contributed by atoms with Gasteiger partial charge in [0.05, 0.1) is 26.4 Å². The van der Waals surface area contributed by atoms with E-state index in [4.69, 9.17) is 32.3 Å². The first kappa shape index (κ1) is 100. The molecule has 0 aromatic carbocycles. The summed E-state index contributed by atoms with van der Waals surface area (Å²) in [5.41, 5.74) is 0. The van der Waals surface area contributed by atoms with Gasteiger partial charge in [-0.15, -0.1) is 0 Å². The van der Waals surface area contributed by atoms with E-state index in [1.165, 1.54) is 103 Å². The van der Waals surface area contributed by atoms with Crippen LogP contribution in [0.1, 0.15) is 329 Å². The molecule has 0 radical (unpaired) electrons. The van der Waals surface area contributed by atoms with Gasteiger partial charge in [0.25, 0.3) is 0 Å². The number of ether oxygens (including phenoxy) is 3. The largest absolute Gasteiger partial charge is 0.472 e. The van der Waals surface area contributed by atoms with E-state index in [1.807, 2.05) is 0 Å². The Morgan fingerprint density at radius 1 is 0.276 bits per heavy atom. The van der Waals surface area contributed by atoms with Crippen molar-refractivity contribution in [3.05, 3.63) is 146 Å². The predicted octanol–water partition coefficient (Wildman–Crippen LogP) is 24.4. The van der Waals surface area contributed by atoms with Crippen LogP contribution in [0, 0.1) is 0 Å². The normalized spacial score (nSPS) is 14.7. The lowest BCUT2D eigenvalue weighted by Crippen LogP contribution is -2.30. The van der Waals surface area contributed by atoms with Gasteiger partial charge in [0.1, 0.15) is 25.4 Å². The van der Waals surface area contributed by atoms with Gasteiger partial charge in [0, 0.05) is 19.3 Å². The number of rotatable bonds is 77. The molecule has 0 aromatic rings. The highest BCUT2D eigenvalue weighted by atomic mass is 31.2. The van der Waals surface area contributed by atoms with Crippen LogP contribution in [0.25, 0.3) is 0 Å². The topological polar surface area (TPSA) is 231 Å². The minimum Gasteiger partial charge on any atom is -0.463 e. The third-order valence-electron chi connectivity index (χ3n) is 17.0. The second kappa shape index (κ2) is 79.0. The summed E-state index contributed by atoms with van der Waals surface area (Å²) in [7, 11) is -9.80. The second-order valence-corrected chi connectivity index (χ2v) is 30.1. The molecule has 18 heteroatoms. The van der Waals surface area contributed by atoms with Crippen molar-refractivity contribution in [1.29, 1.82) is 0 Å². The van der Waals surface area contributed by atoms with E-state index < -0.39 is 91.5 Å². The number of aliphatic hydroxyl groups excluding tert-OH is 2. The summed E-state index contributed by atoms with van der Waals surface area (Å²) in [6.45, 7) is 2.42. The maximum Gasteiger partial charge on any atom is 0.472 e. The molecule has 0 spiro atoms. The zero-order chi connectivity index (χ0) is 76.6. The van der Waals surface area contributed by atoms with Crippen LogP contribution in [0.5, 0.6) is 0 Å². The number of esters is 3. The fourth-order valence-electron chi connectivity index (χ4n) is 10.8. The van der Waals surface area contributed by atoms with E-state index in [0.29, 0.717) is 19.3 Å². The van der Waals surface area contributed by atoms with Gasteiger partial charge in [-0.05, 0) is 141 Å². The molecule has 0 amide bonds. The number of carbonyl (C=O) groups excluding carboxylic acids is 3. The Kier molecular flexibility index (Phi) is 75.6. The lowest BCUT2D eigenvalue weighted by molar-refractivity contribution is -0.161. The average Bonchev–Trinajstić information content (AvgIpc) is 0.913. The quantitative estimate of drug-likeness (QED) is 0.0146. The molecular formula is C87H148O16P2. The summed E-state index contributed by atoms with van der Waals surface area (Å²) in [4.78, 5) is 58.7. The number of hydrogen-bond donors (Lipinski definition) is 4. The second-order valence-electron chi connectivity index (χ2n) is 27.2. The number of carbonyl (C=O) groups is 3. The predicted molar refractivity (Wildman–Crippen MR) is 436 cm³/mol. The fraction of sp³-hybridized carbons (Fsp3) is 0.690. The number of aliphatic hydroxyl groups is 2. The van der Waals surface area contributed by atoms with Crippen LogP contribution >= 0.6 is 15.6 Å². The van der Waals surface area contributed by atoms with Gasteiger partial charge in [0.2, 0.25) is 0 Å². The van der Waals surface area contributed by atoms with Crippen LogP contribution in [-0.4, -0.2) is 95.9 Å². The minimum absolute atomic E-state index is 0.0845. The smallest absolute Gasteiger partial charge is 0.463 e. The maximum atomic E-state index is 13.0. The summed E-state index contributed by atoms with van der Waals surface area (Å²) in [5.74, 6) is -1.60. The molecule has 105 heavy (non-hydrogen) atoms. The molecule has 0 aliphatic carbocycles. The number of phosphoric acid groups is 2. The SMILES string of the molecule is CC/C=C\C/C=C\C/C=C\C/C=C\C/C=C\CCCCCCCCCCCCCCCC(=O)OCC(O)COP(=O)(O)OCC(O)COP(=O)(O)OCC(COC(=O)CCCCCCCCCCC/C=C\C/C=C\C/C=C\C/C=C\C/C=C\CC)OC(=O)CCCCCCC/C=C\C/C=C\CCCCC. The van der Waals surface area contributed by atoms with Gasteiger partial charge >= 0.3 is 33.6 Å². The summed E-state index contributed by atoms with van der Waals surface area (Å²) < 4.78 is 61.2. The molecule has 5 atom stereocenters. The molecule has 0 aliphatic heterocycles. The van der Waals surface area contributed by atoms with Gasteiger partial charge in [0.15, 0.2) is 6.10 Å². The third kappa shape index (κ3) is 80.3. The molecule has 5 unspecified atom stereocenters. The lowest BCUT2D eigenvalue weighted by Gasteiger charge is -2.21. The van der Waals surface area contributed by atoms with Crippen LogP contribution in [0.15, 0.2) is 146 Å². The molecule has 0 aliphatic rings. The first-order valence-electron chi connectivity index (χ1n) is 41.1. The molecule has 602 valence electrons. The van der Waals surface area contributed by atoms with Crippen molar-refractivity contribution in [3.63, 3.8) is 0 Å². The molecule has 16 nitrogen and oxygen atoms in total. The fourth-order valence-corrected chi connectivity index (χ4v) is 12.4. The standard InChI is InChI=1S/C87H148O16P2/c1-4-7-10-13-16-19-22-25-28-30-32-34-36-38-39-40-41-43-45-46-48-50-53-55-58-61-64-67-70-73-85(90)97-76-82(88)77-99-104(93,94)100-78-83(89)79-101-105(95,96)102-81-84(103-87(92)75-72-69-66-63-60-57-52-27-24-21-18-15-12-9-6-3)80-98-86(91)74-71-68-65-62-59-56-54-51-49-47-44-42-37-35-33-31-29-26-23-20-17-14-11-8-5-2/h7-8,10-11,16-21,25-29,32-35,38-39,42,44,52,82-84,88-89H,4-6,9,12-15,22-24,30-31,36-37,40-41,43,45-51,53-81H2,1-3H3,(H,93,94)(H,95,96)/b10-7-,11-8-,19-16-,20-17-,21-18-,28-25-,29-26-,34-32-,35-33-,39-38-,44-42-,52-27-. The summed E-state index contributed by atoms with van der Waals surface area (Å²) in [6.07, 6.45) is 97.5. The number of allylic oxidation sites excluding steroid dienone is 24. The molecule has 0 aromatic heterocycles. The number of unbranched alkanes of at least 4 members (excludes halogenated alkanes) is 30. The van der Waals surface area contributed by atoms with Gasteiger partial charge in [-0.25, -0.2) is 9.13 Å². The molecular weight excluding hydrogens is 1360 g/mol. The van der Waals surface area contributed by atoms with Crippen molar-refractivity contribution in [2.75, 3.05) is 39.6 Å². The van der Waals surface area contributed by atoms with E-state index in [0.717, 1.165) is 167 Å². The highest BCUT2D eigenvalue weighted by molar-refractivity contribution is 7.47. The number of phosphoric ester groups is 2. The van der Waals surface area contributed by atoms with Crippen molar-refractivity contribution in [2.45, 2.75) is 347 Å². The molecule has 0 rings (SSSR count). The van der Waals surface area contributed by atoms with Crippen LogP contribution in [0.4, 0.5) is 0 Å². The third-order valence-corrected chi connectivity index (χ3v) is 18.9.